The molecule has 10 nitrogen and oxygen atoms in total. The second kappa shape index (κ2) is 10.5. The number of carbonyl (C=O) groups excluding carboxylic acids is 1. The zero-order valence-corrected chi connectivity index (χ0v) is 20.5. The number of aromatic carboxylic acids is 1. The largest absolute Gasteiger partial charge is 0.480 e. The van der Waals surface area contributed by atoms with Crippen LogP contribution in [0.25, 0.3) is 22.0 Å². The topological polar surface area (TPSA) is 150 Å². The third-order valence-electron chi connectivity index (χ3n) is 5.29. The quantitative estimate of drug-likeness (QED) is 0.280. The van der Waals surface area contributed by atoms with Crippen molar-refractivity contribution in [2.75, 3.05) is 25.3 Å². The van der Waals surface area contributed by atoms with Crippen LogP contribution in [-0.4, -0.2) is 51.9 Å². The number of hydrogen-bond acceptors (Lipinski definition) is 9. The van der Waals surface area contributed by atoms with Crippen LogP contribution in [-0.2, 0) is 0 Å². The lowest BCUT2D eigenvalue weighted by Gasteiger charge is -2.15. The average Bonchev–Trinajstić information content (AvgIpc) is 2.88. The maximum Gasteiger partial charge on any atom is 0.335 e. The number of hydrogen-bond donors (Lipinski definition) is 3. The number of ether oxygens (including phenoxy) is 2. The van der Waals surface area contributed by atoms with Gasteiger partial charge in [-0.3, -0.25) is 9.78 Å². The van der Waals surface area contributed by atoms with Crippen molar-refractivity contribution in [2.24, 2.45) is 5.73 Å². The molecule has 0 radical (unpaired) electrons. The van der Waals surface area contributed by atoms with E-state index in [-0.39, 0.29) is 17.1 Å². The number of carbonyl (C=O) groups is 2. The molecular formula is C25H23N5O5S. The number of thioether (sulfide) groups is 1. The fourth-order valence-electron chi connectivity index (χ4n) is 3.67. The van der Waals surface area contributed by atoms with Crippen molar-refractivity contribution >= 4 is 45.9 Å². The molecule has 36 heavy (non-hydrogen) atoms. The van der Waals surface area contributed by atoms with E-state index in [9.17, 15) is 14.7 Å². The fourth-order valence-corrected chi connectivity index (χ4v) is 4.43. The first-order chi connectivity index (χ1) is 17.3. The van der Waals surface area contributed by atoms with Crippen LogP contribution in [0.15, 0.2) is 53.7 Å². The molecule has 0 atom stereocenters. The molecular weight excluding hydrogens is 482 g/mol. The van der Waals surface area contributed by atoms with E-state index in [1.807, 2.05) is 25.1 Å². The maximum atomic E-state index is 12.2. The van der Waals surface area contributed by atoms with E-state index < -0.39 is 11.9 Å². The molecule has 2 aromatic carbocycles. The number of nitrogens with two attached hydrogens (primary N) is 1. The van der Waals surface area contributed by atoms with E-state index in [1.165, 1.54) is 38.2 Å². The molecule has 0 saturated heterocycles. The van der Waals surface area contributed by atoms with Crippen molar-refractivity contribution in [2.45, 2.75) is 11.8 Å². The monoisotopic (exact) mass is 505 g/mol. The number of primary amides is 1. The Morgan fingerprint density at radius 2 is 1.89 bits per heavy atom. The molecule has 0 fully saturated rings. The Labute approximate surface area is 210 Å². The van der Waals surface area contributed by atoms with Gasteiger partial charge in [-0.1, -0.05) is 19.1 Å². The second-order valence-electron chi connectivity index (χ2n) is 7.53. The summed E-state index contributed by atoms with van der Waals surface area (Å²) in [6.07, 6.45) is 2.98. The maximum absolute atomic E-state index is 12.2. The number of fused-ring (bicyclic) bond motifs is 1. The summed E-state index contributed by atoms with van der Waals surface area (Å²) < 4.78 is 10.5. The highest BCUT2D eigenvalue weighted by Crippen LogP contribution is 2.35. The minimum absolute atomic E-state index is 0.129. The van der Waals surface area contributed by atoms with Gasteiger partial charge in [0.05, 0.1) is 42.1 Å². The molecule has 2 heterocycles. The van der Waals surface area contributed by atoms with Crippen LogP contribution in [0.1, 0.15) is 27.6 Å². The summed E-state index contributed by atoms with van der Waals surface area (Å²) in [4.78, 5) is 37.5. The van der Waals surface area contributed by atoms with E-state index in [1.54, 1.807) is 18.3 Å². The van der Waals surface area contributed by atoms with Gasteiger partial charge in [0, 0.05) is 28.4 Å². The molecule has 0 aliphatic rings. The molecule has 4 aromatic rings. The van der Waals surface area contributed by atoms with E-state index >= 15 is 0 Å². The molecule has 0 unspecified atom stereocenters. The Balaban J connectivity index is 1.84. The van der Waals surface area contributed by atoms with Crippen molar-refractivity contribution in [3.63, 3.8) is 0 Å². The first-order valence-electron chi connectivity index (χ1n) is 10.8. The molecule has 0 saturated carbocycles. The van der Waals surface area contributed by atoms with Crippen molar-refractivity contribution in [3.05, 3.63) is 59.9 Å². The van der Waals surface area contributed by atoms with Gasteiger partial charge in [-0.2, -0.15) is 4.98 Å². The predicted molar refractivity (Wildman–Crippen MR) is 137 cm³/mol. The Bertz CT molecular complexity index is 1480. The molecule has 0 aliphatic heterocycles. The van der Waals surface area contributed by atoms with Crippen LogP contribution in [0, 0.1) is 0 Å². The van der Waals surface area contributed by atoms with Crippen LogP contribution in [0.2, 0.25) is 0 Å². The number of carboxylic acids is 1. The van der Waals surface area contributed by atoms with Crippen molar-refractivity contribution in [3.8, 4) is 23.0 Å². The van der Waals surface area contributed by atoms with E-state index in [0.29, 0.717) is 33.7 Å². The molecule has 0 aliphatic carbocycles. The fraction of sp³-hybridized carbons (Fsp3) is 0.160. The summed E-state index contributed by atoms with van der Waals surface area (Å²) in [5.41, 5.74) is 8.81. The second-order valence-corrected chi connectivity index (χ2v) is 8.87. The van der Waals surface area contributed by atoms with Gasteiger partial charge < -0.3 is 25.6 Å². The Morgan fingerprint density at radius 3 is 2.56 bits per heavy atom. The van der Waals surface area contributed by atoms with Gasteiger partial charge in [0.25, 0.3) is 5.91 Å². The zero-order valence-electron chi connectivity index (χ0n) is 19.7. The predicted octanol–water partition coefficient (Wildman–Crippen LogP) is 4.36. The minimum atomic E-state index is -1.05. The zero-order chi connectivity index (χ0) is 25.8. The number of nitrogens with one attached hydrogen (secondary N) is 1. The van der Waals surface area contributed by atoms with E-state index in [0.717, 1.165) is 16.2 Å². The third kappa shape index (κ3) is 5.01. The van der Waals surface area contributed by atoms with Crippen molar-refractivity contribution in [1.29, 1.82) is 0 Å². The number of methoxy groups -OCH3 is 2. The van der Waals surface area contributed by atoms with Gasteiger partial charge in [-0.15, -0.1) is 11.8 Å². The lowest BCUT2D eigenvalue weighted by atomic mass is 10.0. The summed E-state index contributed by atoms with van der Waals surface area (Å²) in [7, 11) is 2.97. The molecule has 2 aromatic heterocycles. The molecule has 1 amide bonds. The minimum Gasteiger partial charge on any atom is -0.480 e. The number of carboxylic acid groups (broad SMARTS) is 1. The first-order valence-corrected chi connectivity index (χ1v) is 11.8. The van der Waals surface area contributed by atoms with E-state index in [2.05, 4.69) is 20.3 Å². The van der Waals surface area contributed by atoms with Gasteiger partial charge in [0.2, 0.25) is 5.88 Å². The number of nitrogens with zero attached hydrogens (tertiary/aromatic N) is 3. The number of aromatic nitrogens is 3. The summed E-state index contributed by atoms with van der Waals surface area (Å²) in [6, 6.07) is 10.5. The van der Waals surface area contributed by atoms with Crippen LogP contribution in [0.4, 0.5) is 11.4 Å². The lowest BCUT2D eigenvalue weighted by molar-refractivity contribution is 0.0696. The molecule has 11 heteroatoms. The summed E-state index contributed by atoms with van der Waals surface area (Å²) in [5.74, 6) is -0.612. The first kappa shape index (κ1) is 24.7. The molecule has 4 rings (SSSR count). The molecule has 0 spiro atoms. The van der Waals surface area contributed by atoms with Crippen LogP contribution < -0.4 is 20.5 Å². The van der Waals surface area contributed by atoms with Crippen LogP contribution >= 0.6 is 11.8 Å². The van der Waals surface area contributed by atoms with Gasteiger partial charge in [-0.05, 0) is 35.6 Å². The molecule has 4 N–H and O–H groups in total. The Kier molecular flexibility index (Phi) is 7.20. The highest BCUT2D eigenvalue weighted by atomic mass is 32.2. The number of rotatable bonds is 9. The third-order valence-corrected chi connectivity index (χ3v) is 6.14. The summed E-state index contributed by atoms with van der Waals surface area (Å²) >= 11 is 1.51. The van der Waals surface area contributed by atoms with Crippen LogP contribution in [0.5, 0.6) is 11.9 Å². The average molecular weight is 506 g/mol. The highest BCUT2D eigenvalue weighted by Gasteiger charge is 2.17. The van der Waals surface area contributed by atoms with Gasteiger partial charge in [0.1, 0.15) is 0 Å². The van der Waals surface area contributed by atoms with E-state index in [4.69, 9.17) is 15.2 Å². The smallest absolute Gasteiger partial charge is 0.335 e. The van der Waals surface area contributed by atoms with Crippen molar-refractivity contribution < 1.29 is 24.2 Å². The van der Waals surface area contributed by atoms with Crippen molar-refractivity contribution in [1.82, 2.24) is 15.0 Å². The number of benzene rings is 2. The van der Waals surface area contributed by atoms with Crippen LogP contribution in [0.3, 0.4) is 0 Å². The number of pyridine rings is 1. The van der Waals surface area contributed by atoms with Gasteiger partial charge in [-0.25, -0.2) is 9.78 Å². The summed E-state index contributed by atoms with van der Waals surface area (Å²) in [5, 5.41) is 13.4. The van der Waals surface area contributed by atoms with Gasteiger partial charge in [0.15, 0.2) is 0 Å². The normalized spacial score (nSPS) is 10.8. The Hall–Kier alpha value is -4.38. The molecule has 184 valence electrons. The SMILES string of the molecule is CCSc1cc(Nc2c(C(N)=O)cnc3cc(-c4cnc(OC)nc4OC)ccc23)cc(C(=O)O)c1. The lowest BCUT2D eigenvalue weighted by Crippen LogP contribution is -2.14. The van der Waals surface area contributed by atoms with Gasteiger partial charge >= 0.3 is 12.0 Å². The number of anilines is 2. The Morgan fingerprint density at radius 1 is 1.08 bits per heavy atom. The summed E-state index contributed by atoms with van der Waals surface area (Å²) in [6.45, 7) is 1.98. The highest BCUT2D eigenvalue weighted by molar-refractivity contribution is 7.99. The standard InChI is InChI=1S/C25H23N5O5S/c1-4-36-16-8-14(24(32)33)7-15(10-16)29-21-17-6-5-13(9-20(17)27-12-19(21)22(26)31)18-11-28-25(35-3)30-23(18)34-2/h5-12H,4H2,1-3H3,(H2,26,31)(H,27,29)(H,32,33). The molecule has 0 bridgehead atoms. The number of amides is 1.